The minimum Gasteiger partial charge on any atom is -0.381 e. The van der Waals surface area contributed by atoms with E-state index in [1.807, 2.05) is 7.05 Å². The second-order valence-corrected chi connectivity index (χ2v) is 5.43. The Bertz CT molecular complexity index is 408. The fourth-order valence-electron chi connectivity index (χ4n) is 3.25. The second kappa shape index (κ2) is 7.21. The molecule has 0 aliphatic carbocycles. The molecule has 0 amide bonds. The molecule has 1 aromatic rings. The van der Waals surface area contributed by atoms with Crippen LogP contribution >= 0.6 is 0 Å². The molecule has 1 aliphatic rings. The normalized spacial score (nSPS) is 19.8. The highest BCUT2D eigenvalue weighted by Gasteiger charge is 2.41. The van der Waals surface area contributed by atoms with E-state index in [1.54, 1.807) is 0 Å². The molecule has 1 aromatic carbocycles. The van der Waals surface area contributed by atoms with E-state index in [9.17, 15) is 0 Å². The van der Waals surface area contributed by atoms with Crippen molar-refractivity contribution in [3.63, 3.8) is 0 Å². The Labute approximate surface area is 122 Å². The Kier molecular flexibility index (Phi) is 5.58. The molecule has 0 radical (unpaired) electrons. The topological polar surface area (TPSA) is 30.5 Å². The number of hydrogen-bond acceptors (Lipinski definition) is 3. The average Bonchev–Trinajstić information content (AvgIpc) is 2.49. The van der Waals surface area contributed by atoms with Crippen LogP contribution in [0, 0.1) is 0 Å². The van der Waals surface area contributed by atoms with Gasteiger partial charge in [-0.1, -0.05) is 31.2 Å². The summed E-state index contributed by atoms with van der Waals surface area (Å²) in [5, 5.41) is 3.48. The SMILES string of the molecule is CCOC1(C(NC)c2cccc(CC)c2)CCOCC1. The summed E-state index contributed by atoms with van der Waals surface area (Å²) in [5.41, 5.74) is 2.55. The molecule has 3 heteroatoms. The minimum atomic E-state index is -0.145. The summed E-state index contributed by atoms with van der Waals surface area (Å²) in [6, 6.07) is 9.07. The first-order chi connectivity index (χ1) is 9.75. The van der Waals surface area contributed by atoms with Crippen molar-refractivity contribution in [1.82, 2.24) is 5.32 Å². The van der Waals surface area contributed by atoms with Gasteiger partial charge < -0.3 is 14.8 Å². The molecule has 1 N–H and O–H groups in total. The van der Waals surface area contributed by atoms with Crippen molar-refractivity contribution < 1.29 is 9.47 Å². The van der Waals surface area contributed by atoms with E-state index in [-0.39, 0.29) is 11.6 Å². The van der Waals surface area contributed by atoms with Gasteiger partial charge in [-0.2, -0.15) is 0 Å². The lowest BCUT2D eigenvalue weighted by molar-refractivity contribution is -0.127. The van der Waals surface area contributed by atoms with Gasteiger partial charge in [0.05, 0.1) is 11.6 Å². The van der Waals surface area contributed by atoms with Gasteiger partial charge in [-0.15, -0.1) is 0 Å². The standard InChI is InChI=1S/C17H27NO2/c1-4-14-7-6-8-15(13-14)16(18-3)17(20-5-2)9-11-19-12-10-17/h6-8,13,16,18H,4-5,9-12H2,1-3H3. The summed E-state index contributed by atoms with van der Waals surface area (Å²) in [6.45, 7) is 6.58. The van der Waals surface area contributed by atoms with Crippen LogP contribution in [-0.4, -0.2) is 32.5 Å². The van der Waals surface area contributed by atoms with Crippen molar-refractivity contribution in [3.8, 4) is 0 Å². The van der Waals surface area contributed by atoms with Crippen molar-refractivity contribution in [2.45, 2.75) is 44.8 Å². The molecule has 3 nitrogen and oxygen atoms in total. The molecule has 0 saturated carbocycles. The number of rotatable bonds is 6. The van der Waals surface area contributed by atoms with Gasteiger partial charge in [0.1, 0.15) is 0 Å². The molecule has 0 spiro atoms. The molecular weight excluding hydrogens is 250 g/mol. The average molecular weight is 277 g/mol. The molecule has 0 aromatic heterocycles. The summed E-state index contributed by atoms with van der Waals surface area (Å²) >= 11 is 0. The van der Waals surface area contributed by atoms with Crippen molar-refractivity contribution in [2.24, 2.45) is 0 Å². The van der Waals surface area contributed by atoms with Crippen LogP contribution in [0.1, 0.15) is 43.9 Å². The van der Waals surface area contributed by atoms with Gasteiger partial charge >= 0.3 is 0 Å². The molecule has 1 unspecified atom stereocenters. The van der Waals surface area contributed by atoms with Crippen molar-refractivity contribution in [2.75, 3.05) is 26.9 Å². The van der Waals surface area contributed by atoms with Crippen LogP contribution in [0.25, 0.3) is 0 Å². The van der Waals surface area contributed by atoms with E-state index in [0.29, 0.717) is 0 Å². The third-order valence-electron chi connectivity index (χ3n) is 4.28. The summed E-state index contributed by atoms with van der Waals surface area (Å²) in [6.07, 6.45) is 2.96. The zero-order chi connectivity index (χ0) is 14.4. The highest BCUT2D eigenvalue weighted by molar-refractivity contribution is 5.28. The van der Waals surface area contributed by atoms with Gasteiger partial charge in [0.25, 0.3) is 0 Å². The molecule has 1 fully saturated rings. The number of aryl methyl sites for hydroxylation is 1. The van der Waals surface area contributed by atoms with Crippen LogP contribution < -0.4 is 5.32 Å². The highest BCUT2D eigenvalue weighted by atomic mass is 16.5. The summed E-state index contributed by atoms with van der Waals surface area (Å²) in [7, 11) is 2.03. The van der Waals surface area contributed by atoms with E-state index in [0.717, 1.165) is 39.1 Å². The van der Waals surface area contributed by atoms with Crippen LogP contribution in [0.4, 0.5) is 0 Å². The van der Waals surface area contributed by atoms with Crippen LogP contribution in [0.5, 0.6) is 0 Å². The molecule has 1 aliphatic heterocycles. The first kappa shape index (κ1) is 15.5. The Morgan fingerprint density at radius 2 is 2.05 bits per heavy atom. The largest absolute Gasteiger partial charge is 0.381 e. The number of benzene rings is 1. The van der Waals surface area contributed by atoms with E-state index in [4.69, 9.17) is 9.47 Å². The predicted octanol–water partition coefficient (Wildman–Crippen LogP) is 3.10. The van der Waals surface area contributed by atoms with E-state index >= 15 is 0 Å². The molecule has 2 rings (SSSR count). The molecule has 0 bridgehead atoms. The van der Waals surface area contributed by atoms with E-state index < -0.39 is 0 Å². The Morgan fingerprint density at radius 3 is 2.65 bits per heavy atom. The van der Waals surface area contributed by atoms with Gasteiger partial charge in [-0.3, -0.25) is 0 Å². The maximum atomic E-state index is 6.21. The third-order valence-corrected chi connectivity index (χ3v) is 4.28. The zero-order valence-electron chi connectivity index (χ0n) is 12.9. The van der Waals surface area contributed by atoms with Gasteiger partial charge in [-0.05, 0) is 31.5 Å². The van der Waals surface area contributed by atoms with Crippen molar-refractivity contribution in [3.05, 3.63) is 35.4 Å². The second-order valence-electron chi connectivity index (χ2n) is 5.43. The zero-order valence-corrected chi connectivity index (χ0v) is 12.9. The number of hydrogen-bond donors (Lipinski definition) is 1. The number of likely N-dealkylation sites (N-methyl/N-ethyl adjacent to an activating group) is 1. The quantitative estimate of drug-likeness (QED) is 0.866. The third kappa shape index (κ3) is 3.22. The summed E-state index contributed by atoms with van der Waals surface area (Å²) < 4.78 is 11.7. The fourth-order valence-corrected chi connectivity index (χ4v) is 3.25. The predicted molar refractivity (Wildman–Crippen MR) is 82.0 cm³/mol. The Hall–Kier alpha value is -0.900. The lowest BCUT2D eigenvalue weighted by Gasteiger charge is -2.43. The van der Waals surface area contributed by atoms with Gasteiger partial charge in [0, 0.05) is 32.7 Å². The lowest BCUT2D eigenvalue weighted by atomic mass is 9.81. The molecule has 1 heterocycles. The molecule has 1 atom stereocenters. The maximum absolute atomic E-state index is 6.21. The fraction of sp³-hybridized carbons (Fsp3) is 0.647. The monoisotopic (exact) mass is 277 g/mol. The summed E-state index contributed by atoms with van der Waals surface area (Å²) in [4.78, 5) is 0. The van der Waals surface area contributed by atoms with E-state index in [2.05, 4.69) is 43.4 Å². The Morgan fingerprint density at radius 1 is 1.30 bits per heavy atom. The van der Waals surface area contributed by atoms with Crippen LogP contribution in [-0.2, 0) is 15.9 Å². The molecule has 1 saturated heterocycles. The number of ether oxygens (including phenoxy) is 2. The first-order valence-corrected chi connectivity index (χ1v) is 7.73. The summed E-state index contributed by atoms with van der Waals surface area (Å²) in [5.74, 6) is 0. The van der Waals surface area contributed by atoms with Gasteiger partial charge in [-0.25, -0.2) is 0 Å². The lowest BCUT2D eigenvalue weighted by Crippen LogP contribution is -2.49. The van der Waals surface area contributed by atoms with Gasteiger partial charge in [0.2, 0.25) is 0 Å². The molecule has 20 heavy (non-hydrogen) atoms. The van der Waals surface area contributed by atoms with Crippen molar-refractivity contribution in [1.29, 1.82) is 0 Å². The minimum absolute atomic E-state index is 0.145. The molecular formula is C17H27NO2. The highest BCUT2D eigenvalue weighted by Crippen LogP contribution is 2.37. The number of nitrogens with one attached hydrogen (secondary N) is 1. The Balaban J connectivity index is 2.31. The first-order valence-electron chi connectivity index (χ1n) is 7.73. The van der Waals surface area contributed by atoms with Crippen LogP contribution in [0.15, 0.2) is 24.3 Å². The van der Waals surface area contributed by atoms with Gasteiger partial charge in [0.15, 0.2) is 0 Å². The smallest absolute Gasteiger partial charge is 0.0919 e. The van der Waals surface area contributed by atoms with Crippen LogP contribution in [0.3, 0.4) is 0 Å². The van der Waals surface area contributed by atoms with Crippen molar-refractivity contribution >= 4 is 0 Å². The maximum Gasteiger partial charge on any atom is 0.0919 e. The molecule has 112 valence electrons. The van der Waals surface area contributed by atoms with E-state index in [1.165, 1.54) is 11.1 Å². The van der Waals surface area contributed by atoms with Crippen LogP contribution in [0.2, 0.25) is 0 Å².